The Hall–Kier alpha value is -2.58. The Balaban J connectivity index is 1.72. The van der Waals surface area contributed by atoms with Gasteiger partial charge in [-0.3, -0.25) is 14.3 Å². The largest absolute Gasteiger partial charge is 0.501 e. The highest BCUT2D eigenvalue weighted by Crippen LogP contribution is 2.35. The van der Waals surface area contributed by atoms with Crippen LogP contribution in [0.3, 0.4) is 0 Å². The fourth-order valence-corrected chi connectivity index (χ4v) is 4.09. The summed E-state index contributed by atoms with van der Waals surface area (Å²) in [6.45, 7) is 4.36. The van der Waals surface area contributed by atoms with E-state index in [1.54, 1.807) is 18.3 Å². The first-order valence-electron chi connectivity index (χ1n) is 8.52. The van der Waals surface area contributed by atoms with Crippen LogP contribution in [0, 0.1) is 5.82 Å². The van der Waals surface area contributed by atoms with E-state index in [9.17, 15) is 14.3 Å². The summed E-state index contributed by atoms with van der Waals surface area (Å²) in [5.41, 5.74) is 0.295. The molecule has 8 heteroatoms. The Bertz CT molecular complexity index is 1070. The van der Waals surface area contributed by atoms with Crippen molar-refractivity contribution in [3.05, 3.63) is 62.9 Å². The summed E-state index contributed by atoms with van der Waals surface area (Å²) >= 11 is 1.37. The van der Waals surface area contributed by atoms with E-state index >= 15 is 0 Å². The molecule has 0 bridgehead atoms. The van der Waals surface area contributed by atoms with Crippen LogP contribution >= 0.6 is 11.3 Å². The second-order valence-corrected chi connectivity index (χ2v) is 8.31. The predicted octanol–water partition coefficient (Wildman–Crippen LogP) is 2.94. The molecule has 0 unspecified atom stereocenters. The molecule has 0 saturated carbocycles. The van der Waals surface area contributed by atoms with Gasteiger partial charge in [0.2, 0.25) is 5.75 Å². The molecule has 4 rings (SSSR count). The van der Waals surface area contributed by atoms with E-state index in [2.05, 4.69) is 9.97 Å². The molecule has 1 aromatic carbocycles. The minimum Gasteiger partial charge on any atom is -0.501 e. The van der Waals surface area contributed by atoms with E-state index in [0.717, 1.165) is 10.4 Å². The van der Waals surface area contributed by atoms with Crippen LogP contribution in [0.25, 0.3) is 10.7 Å². The Morgan fingerprint density at radius 1 is 1.30 bits per heavy atom. The van der Waals surface area contributed by atoms with Crippen LogP contribution in [0.5, 0.6) is 5.75 Å². The van der Waals surface area contributed by atoms with Crippen molar-refractivity contribution in [3.63, 3.8) is 0 Å². The minimum absolute atomic E-state index is 0.213. The van der Waals surface area contributed by atoms with Crippen LogP contribution in [0.15, 0.2) is 35.3 Å². The van der Waals surface area contributed by atoms with E-state index < -0.39 is 11.1 Å². The zero-order valence-corrected chi connectivity index (χ0v) is 16.0. The van der Waals surface area contributed by atoms with Gasteiger partial charge in [0.25, 0.3) is 5.56 Å². The summed E-state index contributed by atoms with van der Waals surface area (Å²) < 4.78 is 14.5. The summed E-state index contributed by atoms with van der Waals surface area (Å²) in [7, 11) is 1.91. The van der Waals surface area contributed by atoms with Crippen molar-refractivity contribution >= 4 is 11.3 Å². The van der Waals surface area contributed by atoms with Crippen molar-refractivity contribution in [2.75, 3.05) is 7.05 Å². The first-order chi connectivity index (χ1) is 12.8. The fourth-order valence-electron chi connectivity index (χ4n) is 3.15. The summed E-state index contributed by atoms with van der Waals surface area (Å²) in [5.74, 6) is -0.0466. The van der Waals surface area contributed by atoms with Crippen molar-refractivity contribution in [1.29, 1.82) is 0 Å². The molecule has 1 N–H and O–H groups in total. The number of thiazole rings is 1. The molecule has 27 heavy (non-hydrogen) atoms. The number of fused-ring (bicyclic) bond motifs is 1. The highest BCUT2D eigenvalue weighted by atomic mass is 32.1. The molecule has 0 amide bonds. The Morgan fingerprint density at radius 3 is 2.70 bits per heavy atom. The van der Waals surface area contributed by atoms with E-state index in [-0.39, 0.29) is 17.3 Å². The number of aromatic hydroxyl groups is 1. The van der Waals surface area contributed by atoms with E-state index in [1.165, 1.54) is 28.0 Å². The molecule has 0 spiro atoms. The van der Waals surface area contributed by atoms with Gasteiger partial charge in [0.1, 0.15) is 22.3 Å². The molecule has 3 heterocycles. The standard InChI is InChI=1S/C19H19FN4O2S/c1-19(2)18-22-14(15(25)17(26)24(18)10-23(19)3)16-21-9-13(27-16)8-11-4-6-12(20)7-5-11/h4-7,9,25H,8,10H2,1-3H3. The first-order valence-corrected chi connectivity index (χ1v) is 9.34. The molecule has 6 nitrogen and oxygen atoms in total. The lowest BCUT2D eigenvalue weighted by Gasteiger charge is -2.25. The van der Waals surface area contributed by atoms with Gasteiger partial charge in [-0.2, -0.15) is 0 Å². The fraction of sp³-hybridized carbons (Fsp3) is 0.316. The number of halogens is 1. The lowest BCUT2D eigenvalue weighted by molar-refractivity contribution is 0.165. The molecule has 0 aliphatic carbocycles. The summed E-state index contributed by atoms with van der Waals surface area (Å²) in [5, 5.41) is 10.9. The summed E-state index contributed by atoms with van der Waals surface area (Å²) in [6.07, 6.45) is 2.30. The smallest absolute Gasteiger partial charge is 0.297 e. The van der Waals surface area contributed by atoms with Gasteiger partial charge < -0.3 is 5.11 Å². The molecule has 1 aliphatic rings. The Kier molecular flexibility index (Phi) is 4.12. The molecule has 0 radical (unpaired) electrons. The number of nitrogens with zero attached hydrogens (tertiary/aromatic N) is 4. The molecule has 3 aromatic rings. The Morgan fingerprint density at radius 2 is 2.00 bits per heavy atom. The average Bonchev–Trinajstić information content (AvgIpc) is 3.17. The average molecular weight is 386 g/mol. The van der Waals surface area contributed by atoms with Crippen molar-refractivity contribution in [3.8, 4) is 16.5 Å². The van der Waals surface area contributed by atoms with Crippen molar-refractivity contribution in [1.82, 2.24) is 19.4 Å². The third-order valence-electron chi connectivity index (χ3n) is 5.05. The van der Waals surface area contributed by atoms with Gasteiger partial charge in [0.15, 0.2) is 0 Å². The number of hydrogen-bond donors (Lipinski definition) is 1. The topological polar surface area (TPSA) is 71.2 Å². The molecular weight excluding hydrogens is 367 g/mol. The van der Waals surface area contributed by atoms with Gasteiger partial charge in [0.05, 0.1) is 12.2 Å². The maximum absolute atomic E-state index is 13.1. The highest BCUT2D eigenvalue weighted by Gasteiger charge is 2.39. The van der Waals surface area contributed by atoms with E-state index in [0.29, 0.717) is 23.9 Å². The normalized spacial score (nSPS) is 15.9. The monoisotopic (exact) mass is 386 g/mol. The van der Waals surface area contributed by atoms with Gasteiger partial charge in [-0.15, -0.1) is 11.3 Å². The zero-order valence-electron chi connectivity index (χ0n) is 15.2. The molecular formula is C19H19FN4O2S. The second-order valence-electron chi connectivity index (χ2n) is 7.20. The molecule has 2 aromatic heterocycles. The van der Waals surface area contributed by atoms with Crippen LogP contribution in [0.2, 0.25) is 0 Å². The minimum atomic E-state index is -0.456. The summed E-state index contributed by atoms with van der Waals surface area (Å²) in [4.78, 5) is 24.5. The van der Waals surface area contributed by atoms with Crippen LogP contribution < -0.4 is 5.56 Å². The number of benzene rings is 1. The van der Waals surface area contributed by atoms with Crippen molar-refractivity contribution < 1.29 is 9.50 Å². The maximum Gasteiger partial charge on any atom is 0.297 e. The molecule has 0 atom stereocenters. The van der Waals surface area contributed by atoms with Crippen LogP contribution in [0.4, 0.5) is 4.39 Å². The van der Waals surface area contributed by atoms with Crippen LogP contribution in [0.1, 0.15) is 30.1 Å². The lowest BCUT2D eigenvalue weighted by Crippen LogP contribution is -2.32. The first kappa shape index (κ1) is 17.8. The van der Waals surface area contributed by atoms with Gasteiger partial charge in [-0.25, -0.2) is 14.4 Å². The Labute approximate surface area is 159 Å². The number of hydrogen-bond acceptors (Lipinski definition) is 6. The van der Waals surface area contributed by atoms with Gasteiger partial charge in [0, 0.05) is 17.5 Å². The molecule has 140 valence electrons. The molecule has 0 saturated heterocycles. The van der Waals surface area contributed by atoms with Crippen molar-refractivity contribution in [2.24, 2.45) is 0 Å². The van der Waals surface area contributed by atoms with Crippen molar-refractivity contribution in [2.45, 2.75) is 32.5 Å². The maximum atomic E-state index is 13.1. The number of rotatable bonds is 3. The quantitative estimate of drug-likeness (QED) is 0.749. The number of aromatic nitrogens is 3. The highest BCUT2D eigenvalue weighted by molar-refractivity contribution is 7.15. The lowest BCUT2D eigenvalue weighted by atomic mass is 10.0. The predicted molar refractivity (Wildman–Crippen MR) is 101 cm³/mol. The third-order valence-corrected chi connectivity index (χ3v) is 6.05. The van der Waals surface area contributed by atoms with E-state index in [1.807, 2.05) is 25.8 Å². The molecule has 0 fully saturated rings. The SMILES string of the molecule is CN1Cn2c(nc(-c3ncc(Cc4ccc(F)cc4)s3)c(O)c2=O)C1(C)C. The summed E-state index contributed by atoms with van der Waals surface area (Å²) in [6, 6.07) is 6.30. The van der Waals surface area contributed by atoms with Gasteiger partial charge in [-0.05, 0) is 38.6 Å². The second kappa shape index (κ2) is 6.24. The van der Waals surface area contributed by atoms with Gasteiger partial charge >= 0.3 is 0 Å². The molecule has 1 aliphatic heterocycles. The van der Waals surface area contributed by atoms with E-state index in [4.69, 9.17) is 0 Å². The zero-order chi connectivity index (χ0) is 19.3. The van der Waals surface area contributed by atoms with Crippen LogP contribution in [-0.4, -0.2) is 31.6 Å². The van der Waals surface area contributed by atoms with Gasteiger partial charge in [-0.1, -0.05) is 12.1 Å². The van der Waals surface area contributed by atoms with Crippen LogP contribution in [-0.2, 0) is 18.6 Å². The third kappa shape index (κ3) is 2.94.